The predicted octanol–water partition coefficient (Wildman–Crippen LogP) is 0.696. The molecule has 0 fully saturated rings. The van der Waals surface area contributed by atoms with E-state index < -0.39 is 6.10 Å². The monoisotopic (exact) mass is 197 g/mol. The molecule has 4 heteroatoms. The fourth-order valence-corrected chi connectivity index (χ4v) is 1.20. The molecule has 1 aromatic carbocycles. The Balaban J connectivity index is 3.01. The van der Waals surface area contributed by atoms with Crippen LogP contribution in [0.4, 0.5) is 0 Å². The van der Waals surface area contributed by atoms with E-state index in [0.29, 0.717) is 11.5 Å². The van der Waals surface area contributed by atoms with Crippen LogP contribution >= 0.6 is 0 Å². The maximum absolute atomic E-state index is 9.49. The number of hydrogen-bond acceptors (Lipinski definition) is 4. The molecule has 0 aliphatic rings. The summed E-state index contributed by atoms with van der Waals surface area (Å²) in [6.07, 6.45) is -0.658. The van der Waals surface area contributed by atoms with Crippen LogP contribution in [0, 0.1) is 0 Å². The van der Waals surface area contributed by atoms with Gasteiger partial charge in [0.1, 0.15) is 0 Å². The topological polar surface area (TPSA) is 64.7 Å². The molecule has 0 heterocycles. The number of rotatable bonds is 4. The zero-order valence-electron chi connectivity index (χ0n) is 8.36. The average Bonchev–Trinajstić information content (AvgIpc) is 2.26. The van der Waals surface area contributed by atoms with Crippen molar-refractivity contribution in [1.82, 2.24) is 0 Å². The second-order valence-electron chi connectivity index (χ2n) is 2.87. The molecule has 1 aromatic rings. The average molecular weight is 197 g/mol. The fraction of sp³-hybridized carbons (Fsp3) is 0.400. The Morgan fingerprint density at radius 1 is 1.29 bits per heavy atom. The third-order valence-corrected chi connectivity index (χ3v) is 2.02. The number of aliphatic hydroxyl groups is 1. The first-order chi connectivity index (χ1) is 6.72. The summed E-state index contributed by atoms with van der Waals surface area (Å²) in [5, 5.41) is 9.49. The van der Waals surface area contributed by atoms with Gasteiger partial charge in [-0.2, -0.15) is 0 Å². The van der Waals surface area contributed by atoms with Crippen molar-refractivity contribution in [2.75, 3.05) is 20.8 Å². The lowest BCUT2D eigenvalue weighted by atomic mass is 10.1. The van der Waals surface area contributed by atoms with Crippen LogP contribution in [-0.4, -0.2) is 25.9 Å². The van der Waals surface area contributed by atoms with Gasteiger partial charge < -0.3 is 20.3 Å². The molecule has 0 radical (unpaired) electrons. The number of methoxy groups -OCH3 is 2. The van der Waals surface area contributed by atoms with Crippen molar-refractivity contribution in [2.45, 2.75) is 6.10 Å². The van der Waals surface area contributed by atoms with Gasteiger partial charge in [0, 0.05) is 6.54 Å². The minimum Gasteiger partial charge on any atom is -0.493 e. The van der Waals surface area contributed by atoms with Gasteiger partial charge >= 0.3 is 0 Å². The summed E-state index contributed by atoms with van der Waals surface area (Å²) in [7, 11) is 3.12. The van der Waals surface area contributed by atoms with E-state index in [-0.39, 0.29) is 6.54 Å². The molecule has 4 nitrogen and oxygen atoms in total. The number of nitrogens with two attached hydrogens (primary N) is 1. The molecule has 1 rings (SSSR count). The third-order valence-electron chi connectivity index (χ3n) is 2.02. The van der Waals surface area contributed by atoms with E-state index in [1.165, 1.54) is 0 Å². The highest BCUT2D eigenvalue weighted by molar-refractivity contribution is 5.43. The molecule has 14 heavy (non-hydrogen) atoms. The highest BCUT2D eigenvalue weighted by Crippen LogP contribution is 2.29. The maximum Gasteiger partial charge on any atom is 0.161 e. The highest BCUT2D eigenvalue weighted by Gasteiger charge is 2.09. The molecule has 3 N–H and O–H groups in total. The lowest BCUT2D eigenvalue weighted by Gasteiger charge is -2.12. The summed E-state index contributed by atoms with van der Waals surface area (Å²) in [6.45, 7) is 0.190. The smallest absolute Gasteiger partial charge is 0.161 e. The Morgan fingerprint density at radius 2 is 1.93 bits per heavy atom. The van der Waals surface area contributed by atoms with E-state index in [1.807, 2.05) is 0 Å². The van der Waals surface area contributed by atoms with Crippen molar-refractivity contribution >= 4 is 0 Å². The molecule has 0 bridgehead atoms. The van der Waals surface area contributed by atoms with Gasteiger partial charge in [-0.1, -0.05) is 6.07 Å². The second-order valence-corrected chi connectivity index (χ2v) is 2.87. The van der Waals surface area contributed by atoms with Gasteiger partial charge in [-0.05, 0) is 17.7 Å². The minimum atomic E-state index is -0.658. The molecule has 0 amide bonds. The Kier molecular flexibility index (Phi) is 3.73. The SMILES string of the molecule is COc1ccc([C@@H](O)CN)cc1OC. The molecule has 1 atom stereocenters. The fourth-order valence-electron chi connectivity index (χ4n) is 1.20. The van der Waals surface area contributed by atoms with Crippen molar-refractivity contribution < 1.29 is 14.6 Å². The number of aliphatic hydroxyl groups excluding tert-OH is 1. The standard InChI is InChI=1S/C10H15NO3/c1-13-9-4-3-7(8(12)6-11)5-10(9)14-2/h3-5,8,12H,6,11H2,1-2H3/t8-/m0/s1. The molecular formula is C10H15NO3. The van der Waals surface area contributed by atoms with Crippen LogP contribution in [0.1, 0.15) is 11.7 Å². The van der Waals surface area contributed by atoms with E-state index in [9.17, 15) is 5.11 Å². The molecule has 0 aliphatic carbocycles. The summed E-state index contributed by atoms with van der Waals surface area (Å²) in [5.41, 5.74) is 6.07. The Morgan fingerprint density at radius 3 is 2.43 bits per heavy atom. The molecule has 0 spiro atoms. The van der Waals surface area contributed by atoms with Crippen LogP contribution in [0.3, 0.4) is 0 Å². The van der Waals surface area contributed by atoms with Crippen LogP contribution in [-0.2, 0) is 0 Å². The number of ether oxygens (including phenoxy) is 2. The Bertz CT molecular complexity index is 301. The summed E-state index contributed by atoms with van der Waals surface area (Å²) in [6, 6.07) is 5.22. The van der Waals surface area contributed by atoms with Gasteiger partial charge in [-0.3, -0.25) is 0 Å². The van der Waals surface area contributed by atoms with E-state index in [0.717, 1.165) is 5.56 Å². The molecule has 0 aromatic heterocycles. The van der Waals surface area contributed by atoms with E-state index in [4.69, 9.17) is 15.2 Å². The molecule has 0 saturated carbocycles. The molecule has 78 valence electrons. The first-order valence-electron chi connectivity index (χ1n) is 4.33. The quantitative estimate of drug-likeness (QED) is 0.745. The van der Waals surface area contributed by atoms with Crippen LogP contribution in [0.15, 0.2) is 18.2 Å². The second kappa shape index (κ2) is 4.83. The van der Waals surface area contributed by atoms with Crippen molar-refractivity contribution in [3.05, 3.63) is 23.8 Å². The van der Waals surface area contributed by atoms with Gasteiger partial charge in [0.05, 0.1) is 20.3 Å². The van der Waals surface area contributed by atoms with Crippen LogP contribution in [0.25, 0.3) is 0 Å². The summed E-state index contributed by atoms with van der Waals surface area (Å²) < 4.78 is 10.2. The molecule has 0 aliphatic heterocycles. The lowest BCUT2D eigenvalue weighted by Crippen LogP contribution is -2.11. The van der Waals surface area contributed by atoms with Gasteiger partial charge in [-0.15, -0.1) is 0 Å². The number of hydrogen-bond donors (Lipinski definition) is 2. The summed E-state index contributed by atoms with van der Waals surface area (Å²) >= 11 is 0. The highest BCUT2D eigenvalue weighted by atomic mass is 16.5. The predicted molar refractivity (Wildman–Crippen MR) is 53.6 cm³/mol. The third kappa shape index (κ3) is 2.16. The van der Waals surface area contributed by atoms with Crippen LogP contribution in [0.2, 0.25) is 0 Å². The normalized spacial score (nSPS) is 12.3. The summed E-state index contributed by atoms with van der Waals surface area (Å²) in [5.74, 6) is 1.23. The molecular weight excluding hydrogens is 182 g/mol. The maximum atomic E-state index is 9.49. The van der Waals surface area contributed by atoms with Crippen molar-refractivity contribution in [2.24, 2.45) is 5.73 Å². The largest absolute Gasteiger partial charge is 0.493 e. The van der Waals surface area contributed by atoms with Gasteiger partial charge in [-0.25, -0.2) is 0 Å². The van der Waals surface area contributed by atoms with Crippen molar-refractivity contribution in [3.8, 4) is 11.5 Å². The Labute approximate surface area is 83.3 Å². The zero-order valence-corrected chi connectivity index (χ0v) is 8.36. The van der Waals surface area contributed by atoms with Crippen molar-refractivity contribution in [1.29, 1.82) is 0 Å². The lowest BCUT2D eigenvalue weighted by molar-refractivity contribution is 0.186. The van der Waals surface area contributed by atoms with Gasteiger partial charge in [0.2, 0.25) is 0 Å². The van der Waals surface area contributed by atoms with Gasteiger partial charge in [0.25, 0.3) is 0 Å². The Hall–Kier alpha value is -1.26. The molecule has 0 saturated heterocycles. The number of benzene rings is 1. The molecule has 0 unspecified atom stereocenters. The van der Waals surface area contributed by atoms with E-state index in [2.05, 4.69) is 0 Å². The first-order valence-corrected chi connectivity index (χ1v) is 4.33. The van der Waals surface area contributed by atoms with E-state index in [1.54, 1.807) is 32.4 Å². The van der Waals surface area contributed by atoms with E-state index >= 15 is 0 Å². The summed E-state index contributed by atoms with van der Waals surface area (Å²) in [4.78, 5) is 0. The van der Waals surface area contributed by atoms with Crippen LogP contribution < -0.4 is 15.2 Å². The van der Waals surface area contributed by atoms with Gasteiger partial charge in [0.15, 0.2) is 11.5 Å². The van der Waals surface area contributed by atoms with Crippen LogP contribution in [0.5, 0.6) is 11.5 Å². The minimum absolute atomic E-state index is 0.190. The van der Waals surface area contributed by atoms with Crippen molar-refractivity contribution in [3.63, 3.8) is 0 Å². The zero-order chi connectivity index (χ0) is 10.6. The first kappa shape index (κ1) is 10.8.